The zero-order valence-electron chi connectivity index (χ0n) is 54.2. The molecule has 1 aromatic heterocycles. The summed E-state index contributed by atoms with van der Waals surface area (Å²) in [4.78, 5) is 1.23. The van der Waals surface area contributed by atoms with Gasteiger partial charge in [-0.05, 0) is 98.1 Å². The fraction of sp³-hybridized carbons (Fsp3) is 0.0769. The molecule has 0 saturated carbocycles. The van der Waals surface area contributed by atoms with E-state index in [9.17, 15) is 15.1 Å². The second-order valence-corrected chi connectivity index (χ2v) is 13.3. The number of benzene rings is 8. The molecule has 9 aromatic rings. The Morgan fingerprint density at radius 2 is 1.02 bits per heavy atom. The van der Waals surface area contributed by atoms with E-state index in [1.165, 1.54) is 17.0 Å². The van der Waals surface area contributed by atoms with Crippen LogP contribution in [-0.2, 0) is 10.8 Å². The van der Waals surface area contributed by atoms with E-state index < -0.39 is 206 Å². The van der Waals surface area contributed by atoms with E-state index in [2.05, 4.69) is 0 Å². The molecule has 0 bridgehead atoms. The van der Waals surface area contributed by atoms with E-state index in [-0.39, 0.29) is 56.1 Å². The van der Waals surface area contributed by atoms with Crippen molar-refractivity contribution >= 4 is 39.0 Å². The van der Waals surface area contributed by atoms with Crippen molar-refractivity contribution in [3.63, 3.8) is 0 Å². The van der Waals surface area contributed by atoms with Crippen molar-refractivity contribution in [3.8, 4) is 22.3 Å². The first-order chi connectivity index (χ1) is 37.3. The third-order valence-electron chi connectivity index (χ3n) is 10.3. The molecule has 2 heteroatoms. The van der Waals surface area contributed by atoms with Gasteiger partial charge in [-0.2, -0.15) is 0 Å². The van der Waals surface area contributed by atoms with E-state index in [0.29, 0.717) is 0 Å². The number of anilines is 3. The van der Waals surface area contributed by atoms with E-state index in [4.69, 9.17) is 25.0 Å². The molecule has 0 fully saturated rings. The largest absolute Gasteiger partial charge is 0.456 e. The molecule has 0 spiro atoms. The summed E-state index contributed by atoms with van der Waals surface area (Å²) in [6.07, 6.45) is 0. The van der Waals surface area contributed by atoms with Crippen LogP contribution >= 0.6 is 0 Å². The molecule has 2 aliphatic rings. The van der Waals surface area contributed by atoms with Gasteiger partial charge in [0.25, 0.3) is 0 Å². The summed E-state index contributed by atoms with van der Waals surface area (Å²) in [6, 6.07) is -14.4. The Morgan fingerprint density at radius 3 is 1.78 bits per heavy atom. The first-order valence-corrected chi connectivity index (χ1v) is 16.7. The first-order valence-electron chi connectivity index (χ1n) is 29.7. The topological polar surface area (TPSA) is 16.4 Å². The van der Waals surface area contributed by atoms with Crippen molar-refractivity contribution in [3.05, 3.63) is 221 Å². The van der Waals surface area contributed by atoms with Crippen LogP contribution in [0.15, 0.2) is 192 Å². The van der Waals surface area contributed by atoms with E-state index in [0.717, 1.165) is 18.2 Å². The van der Waals surface area contributed by atoms with Crippen molar-refractivity contribution < 1.29 is 40.1 Å². The molecule has 0 amide bonds. The number of para-hydroxylation sites is 1. The lowest BCUT2D eigenvalue weighted by atomic mass is 9.67. The highest BCUT2D eigenvalue weighted by Gasteiger charge is 2.46. The molecule has 0 unspecified atom stereocenters. The highest BCUT2D eigenvalue weighted by molar-refractivity contribution is 6.13. The van der Waals surface area contributed by atoms with Crippen LogP contribution in [0.25, 0.3) is 44.2 Å². The van der Waals surface area contributed by atoms with Gasteiger partial charge in [-0.3, -0.25) is 0 Å². The lowest BCUT2D eigenvalue weighted by molar-refractivity contribution is 0.660. The molecule has 0 radical (unpaired) electrons. The van der Waals surface area contributed by atoms with Crippen molar-refractivity contribution in [2.75, 3.05) is 4.90 Å². The molecule has 2 nitrogen and oxygen atoms in total. The molecule has 8 aromatic carbocycles. The lowest BCUT2D eigenvalue weighted by Gasteiger charge is -2.35. The maximum atomic E-state index is 9.91. The van der Waals surface area contributed by atoms with E-state index in [1.54, 1.807) is 13.8 Å². The average molecular weight is 718 g/mol. The summed E-state index contributed by atoms with van der Waals surface area (Å²) >= 11 is 0. The SMILES string of the molecule is [2H]c1cc(N(c2cc([2H])c3c(c2)C(C)(C)c2c([2H])c([2H])c([2H])c([2H])c2-3)c2cc([2H])c([2H])c3oc4c([2H])c([2H])c([2H])c([2H])c4c23)cc(C2(c3c([2H])c([2H])c([2H])c([2H])c3[2H])c3c([2H])c([2H])c([2H])c([2H])c3-c3c([2H])c([2H])c([2H])c([2H])c32)c1[2H]. The summed E-state index contributed by atoms with van der Waals surface area (Å²) in [7, 11) is 0. The Bertz CT molecular complexity index is 4330. The number of hydrogen-bond acceptors (Lipinski definition) is 2. The monoisotopic (exact) mass is 717 g/mol. The summed E-state index contributed by atoms with van der Waals surface area (Å²) < 4.78 is 244. The molecule has 54 heavy (non-hydrogen) atoms. The van der Waals surface area contributed by atoms with Crippen molar-refractivity contribution in [1.29, 1.82) is 0 Å². The number of rotatable bonds is 5. The number of hydrogen-bond donors (Lipinski definition) is 0. The summed E-state index contributed by atoms with van der Waals surface area (Å²) in [5.74, 6) is 0. The summed E-state index contributed by atoms with van der Waals surface area (Å²) in [5.41, 5.74) is -9.54. The summed E-state index contributed by atoms with van der Waals surface area (Å²) in [5, 5.41) is -0.557. The number of nitrogens with zero attached hydrogens (tertiary/aromatic N) is 1. The van der Waals surface area contributed by atoms with Gasteiger partial charge in [-0.25, -0.2) is 0 Å². The van der Waals surface area contributed by atoms with Crippen LogP contribution in [0, 0.1) is 0 Å². The second kappa shape index (κ2) is 11.4. The fourth-order valence-electron chi connectivity index (χ4n) is 7.94. The van der Waals surface area contributed by atoms with Gasteiger partial charge in [0.05, 0.1) is 52.1 Å². The Kier molecular flexibility index (Phi) is 3.10. The van der Waals surface area contributed by atoms with Crippen LogP contribution in [0.5, 0.6) is 0 Å². The van der Waals surface area contributed by atoms with Crippen LogP contribution in [0.3, 0.4) is 0 Å². The molecule has 256 valence electrons. The smallest absolute Gasteiger partial charge is 0.137 e. The van der Waals surface area contributed by atoms with Crippen LogP contribution < -0.4 is 4.90 Å². The Hall–Kier alpha value is -6.64. The van der Waals surface area contributed by atoms with E-state index >= 15 is 0 Å². The molecule has 0 saturated heterocycles. The summed E-state index contributed by atoms with van der Waals surface area (Å²) in [6.45, 7) is 3.30. The Balaban J connectivity index is 1.39. The highest BCUT2D eigenvalue weighted by atomic mass is 16.3. The normalized spacial score (nSPS) is 21.1. The third kappa shape index (κ3) is 4.17. The number of furan rings is 1. The molecule has 1 heterocycles. The van der Waals surface area contributed by atoms with Gasteiger partial charge in [0.2, 0.25) is 0 Å². The average Bonchev–Trinajstić information content (AvgIpc) is 4.05. The standard InChI is InChI=1S/C52H37NO/c1-51(2)43-24-10-6-20-38(43)41-31-30-37(33-46(41)51)53(47-27-15-29-49-50(47)42-23-9-13-28-48(42)54-49)36-19-14-18-35(32-36)52(34-16-4-3-5-17-34)44-25-11-7-21-39(44)40-22-8-12-26-45(40)52/h3-33H,1-2H3/i3D,4D,5D,6D,7D,8D,9D,10D,11D,12D,13D,14D,15D,16D,17D,18D,20D,21D,22D,23D,24D,25D,26D,28D,29D,31D. The van der Waals surface area contributed by atoms with Gasteiger partial charge in [-0.1, -0.05) is 159 Å². The predicted octanol–water partition coefficient (Wildman–Crippen LogP) is 13.7. The molecule has 0 N–H and O–H groups in total. The van der Waals surface area contributed by atoms with Crippen LogP contribution in [0.2, 0.25) is 0 Å². The second-order valence-electron chi connectivity index (χ2n) is 13.3. The minimum Gasteiger partial charge on any atom is -0.456 e. The Labute approximate surface area is 352 Å². The van der Waals surface area contributed by atoms with Gasteiger partial charge in [-0.15, -0.1) is 0 Å². The van der Waals surface area contributed by atoms with Gasteiger partial charge < -0.3 is 9.32 Å². The first kappa shape index (κ1) is 14.6. The Morgan fingerprint density at radius 1 is 0.463 bits per heavy atom. The van der Waals surface area contributed by atoms with Crippen LogP contribution in [-0.4, -0.2) is 0 Å². The molecule has 11 rings (SSSR count). The zero-order valence-corrected chi connectivity index (χ0v) is 28.2. The predicted molar refractivity (Wildman–Crippen MR) is 223 cm³/mol. The van der Waals surface area contributed by atoms with Gasteiger partial charge in [0, 0.05) is 22.2 Å². The fourth-order valence-corrected chi connectivity index (χ4v) is 7.94. The molecule has 0 atom stereocenters. The maximum absolute atomic E-state index is 9.91. The third-order valence-corrected chi connectivity index (χ3v) is 10.3. The van der Waals surface area contributed by atoms with Crippen LogP contribution in [0.4, 0.5) is 17.1 Å². The minimum atomic E-state index is -2.99. The van der Waals surface area contributed by atoms with E-state index in [1.807, 2.05) is 0 Å². The quantitative estimate of drug-likeness (QED) is 0.176. The maximum Gasteiger partial charge on any atom is 0.137 e. The van der Waals surface area contributed by atoms with Gasteiger partial charge in [0.15, 0.2) is 0 Å². The molecular weight excluding hydrogens is 655 g/mol. The minimum absolute atomic E-state index is 0.0212. The lowest BCUT2D eigenvalue weighted by Crippen LogP contribution is -2.28. The highest BCUT2D eigenvalue weighted by Crippen LogP contribution is 2.57. The van der Waals surface area contributed by atoms with Crippen molar-refractivity contribution in [1.82, 2.24) is 0 Å². The van der Waals surface area contributed by atoms with Crippen molar-refractivity contribution in [2.24, 2.45) is 0 Å². The molecule has 0 aliphatic heterocycles. The zero-order chi connectivity index (χ0) is 58.6. The number of fused-ring (bicyclic) bond motifs is 9. The molecule has 2 aliphatic carbocycles. The van der Waals surface area contributed by atoms with Crippen LogP contribution in [0.1, 0.15) is 82.9 Å². The van der Waals surface area contributed by atoms with Gasteiger partial charge >= 0.3 is 0 Å². The molecular formula is C52H37NO. The van der Waals surface area contributed by atoms with Gasteiger partial charge in [0.1, 0.15) is 11.2 Å². The van der Waals surface area contributed by atoms with Crippen molar-refractivity contribution in [2.45, 2.75) is 24.7 Å².